The topological polar surface area (TPSA) is 140 Å². The number of aromatic nitrogens is 1. The van der Waals surface area contributed by atoms with Gasteiger partial charge in [0.25, 0.3) is 10.0 Å². The first kappa shape index (κ1) is 15.3. The monoisotopic (exact) mass is 287 g/mol. The van der Waals surface area contributed by atoms with Crippen molar-refractivity contribution in [1.29, 1.82) is 0 Å². The van der Waals surface area contributed by atoms with Crippen LogP contribution in [0.5, 0.6) is 0 Å². The lowest BCUT2D eigenvalue weighted by molar-refractivity contribution is -0.118. The molecular formula is C10H17N5O3S. The zero-order valence-corrected chi connectivity index (χ0v) is 11.1. The van der Waals surface area contributed by atoms with E-state index in [-0.39, 0.29) is 23.7 Å². The normalized spacial score (nSPS) is 11.2. The first-order valence-corrected chi connectivity index (χ1v) is 7.15. The Hall–Kier alpha value is -1.71. The molecule has 0 aliphatic carbocycles. The fourth-order valence-electron chi connectivity index (χ4n) is 1.41. The molecule has 6 N–H and O–H groups in total. The van der Waals surface area contributed by atoms with Gasteiger partial charge in [-0.05, 0) is 25.0 Å². The van der Waals surface area contributed by atoms with E-state index in [1.54, 1.807) is 6.07 Å². The summed E-state index contributed by atoms with van der Waals surface area (Å²) in [7, 11) is -3.72. The van der Waals surface area contributed by atoms with Crippen LogP contribution in [0.1, 0.15) is 19.3 Å². The number of nitrogen functional groups attached to an aromatic ring is 1. The fraction of sp³-hybridized carbons (Fsp3) is 0.400. The van der Waals surface area contributed by atoms with E-state index >= 15 is 0 Å². The van der Waals surface area contributed by atoms with Gasteiger partial charge in [-0.25, -0.2) is 18.1 Å². The smallest absolute Gasteiger partial charge is 0.260 e. The summed E-state index contributed by atoms with van der Waals surface area (Å²) in [4.78, 5) is 14.3. The van der Waals surface area contributed by atoms with Gasteiger partial charge in [0.2, 0.25) is 5.91 Å². The summed E-state index contributed by atoms with van der Waals surface area (Å²) in [5.41, 5.74) is 7.47. The van der Waals surface area contributed by atoms with E-state index < -0.39 is 15.9 Å². The van der Waals surface area contributed by atoms with Crippen LogP contribution < -0.4 is 21.7 Å². The molecule has 9 heteroatoms. The molecule has 0 saturated carbocycles. The lowest BCUT2D eigenvalue weighted by Gasteiger charge is -2.09. The van der Waals surface area contributed by atoms with Gasteiger partial charge < -0.3 is 11.2 Å². The highest BCUT2D eigenvalue weighted by molar-refractivity contribution is 7.89. The number of nitrogens with zero attached hydrogens (tertiary/aromatic N) is 1. The first-order chi connectivity index (χ1) is 8.97. The maximum absolute atomic E-state index is 11.9. The Labute approximate surface area is 111 Å². The molecule has 0 aromatic carbocycles. The van der Waals surface area contributed by atoms with Gasteiger partial charge in [-0.3, -0.25) is 10.6 Å². The zero-order chi connectivity index (χ0) is 14.3. The van der Waals surface area contributed by atoms with E-state index in [1.165, 1.54) is 12.3 Å². The Balaban J connectivity index is 2.59. The van der Waals surface area contributed by atoms with E-state index in [4.69, 9.17) is 11.6 Å². The Bertz CT molecular complexity index is 532. The number of carbonyl (C=O) groups is 1. The molecule has 106 valence electrons. The van der Waals surface area contributed by atoms with Crippen LogP contribution in [0.15, 0.2) is 23.4 Å². The minimum Gasteiger partial charge on any atom is -0.370 e. The number of hydrogen-bond acceptors (Lipinski definition) is 6. The van der Waals surface area contributed by atoms with E-state index in [2.05, 4.69) is 15.1 Å². The Kier molecular flexibility index (Phi) is 5.67. The maximum Gasteiger partial charge on any atom is 0.260 e. The molecular weight excluding hydrogens is 270 g/mol. The average molecular weight is 287 g/mol. The molecule has 1 aromatic rings. The van der Waals surface area contributed by atoms with Crippen molar-refractivity contribution in [3.8, 4) is 0 Å². The Morgan fingerprint density at radius 3 is 2.74 bits per heavy atom. The van der Waals surface area contributed by atoms with Crippen LogP contribution in [-0.4, -0.2) is 25.9 Å². The van der Waals surface area contributed by atoms with Gasteiger partial charge in [0.05, 0.1) is 5.69 Å². The number of rotatable bonds is 8. The minimum absolute atomic E-state index is 0.160. The summed E-state index contributed by atoms with van der Waals surface area (Å²) < 4.78 is 26.3. The number of nitrogens with one attached hydrogen (secondary N) is 2. The van der Waals surface area contributed by atoms with Crippen LogP contribution in [-0.2, 0) is 14.8 Å². The molecule has 1 heterocycles. The van der Waals surface area contributed by atoms with Gasteiger partial charge in [0.1, 0.15) is 0 Å². The fourth-order valence-corrected chi connectivity index (χ4v) is 2.58. The molecule has 0 bridgehead atoms. The van der Waals surface area contributed by atoms with Crippen LogP contribution in [0.2, 0.25) is 0 Å². The summed E-state index contributed by atoms with van der Waals surface area (Å²) in [5.74, 6) is 4.82. The van der Waals surface area contributed by atoms with Gasteiger partial charge in [0, 0.05) is 19.2 Å². The number of hydrogen-bond donors (Lipinski definition) is 4. The molecule has 19 heavy (non-hydrogen) atoms. The summed E-state index contributed by atoms with van der Waals surface area (Å²) >= 11 is 0. The molecule has 1 rings (SSSR count). The van der Waals surface area contributed by atoms with Crippen molar-refractivity contribution in [2.45, 2.75) is 24.3 Å². The van der Waals surface area contributed by atoms with E-state index in [0.29, 0.717) is 12.8 Å². The molecule has 0 fully saturated rings. The lowest BCUT2D eigenvalue weighted by Crippen LogP contribution is -2.27. The molecule has 0 radical (unpaired) electrons. The number of unbranched alkanes of at least 4 members (excludes halogenated alkanes) is 1. The van der Waals surface area contributed by atoms with Crippen LogP contribution in [0, 0.1) is 0 Å². The number of pyridine rings is 1. The third-order valence-corrected chi connectivity index (χ3v) is 3.74. The van der Waals surface area contributed by atoms with E-state index in [0.717, 1.165) is 0 Å². The number of carbonyl (C=O) groups excluding carboxylic acids is 1. The van der Waals surface area contributed by atoms with Crippen LogP contribution in [0.25, 0.3) is 0 Å². The van der Waals surface area contributed by atoms with Gasteiger partial charge in [-0.2, -0.15) is 0 Å². The predicted octanol–water partition coefficient (Wildman–Crippen LogP) is -0.699. The van der Waals surface area contributed by atoms with Gasteiger partial charge in [0.15, 0.2) is 5.03 Å². The largest absolute Gasteiger partial charge is 0.370 e. The van der Waals surface area contributed by atoms with Crippen molar-refractivity contribution in [3.05, 3.63) is 18.3 Å². The van der Waals surface area contributed by atoms with Crippen LogP contribution in [0.3, 0.4) is 0 Å². The third kappa shape index (κ3) is 4.81. The molecule has 0 atom stereocenters. The summed E-state index contributed by atoms with van der Waals surface area (Å²) in [6.07, 6.45) is 2.64. The number of anilines is 1. The Morgan fingerprint density at radius 1 is 1.37 bits per heavy atom. The highest BCUT2D eigenvalue weighted by Crippen LogP contribution is 2.16. The molecule has 0 saturated heterocycles. The quantitative estimate of drug-likeness (QED) is 0.283. The molecule has 1 aromatic heterocycles. The highest BCUT2D eigenvalue weighted by Gasteiger charge is 2.18. The molecule has 0 aliphatic rings. The molecule has 0 spiro atoms. The number of amides is 1. The number of hydrazine groups is 1. The van der Waals surface area contributed by atoms with Gasteiger partial charge >= 0.3 is 0 Å². The lowest BCUT2D eigenvalue weighted by atomic mass is 10.2. The second-order valence-electron chi connectivity index (χ2n) is 3.82. The highest BCUT2D eigenvalue weighted by atomic mass is 32.2. The van der Waals surface area contributed by atoms with Crippen molar-refractivity contribution in [2.75, 3.05) is 12.0 Å². The zero-order valence-electron chi connectivity index (χ0n) is 10.3. The molecule has 8 nitrogen and oxygen atoms in total. The molecule has 0 aliphatic heterocycles. The van der Waals surface area contributed by atoms with Crippen LogP contribution in [0.4, 0.5) is 5.69 Å². The van der Waals surface area contributed by atoms with Crippen molar-refractivity contribution in [2.24, 2.45) is 11.6 Å². The predicted molar refractivity (Wildman–Crippen MR) is 70.3 cm³/mol. The van der Waals surface area contributed by atoms with Gasteiger partial charge in [-0.1, -0.05) is 0 Å². The van der Waals surface area contributed by atoms with Crippen molar-refractivity contribution >= 4 is 21.6 Å². The second kappa shape index (κ2) is 7.02. The maximum atomic E-state index is 11.9. The SMILES string of the molecule is NNc1cccnc1S(=O)(=O)NCCCCC(N)=O. The number of sulfonamides is 1. The number of primary amides is 1. The van der Waals surface area contributed by atoms with Gasteiger partial charge in [-0.15, -0.1) is 0 Å². The molecule has 1 amide bonds. The standard InChI is InChI=1S/C10H17N5O3S/c11-9(16)5-1-2-7-14-19(17,18)10-8(15-12)4-3-6-13-10/h3-4,6,14-15H,1-2,5,7,12H2,(H2,11,16). The van der Waals surface area contributed by atoms with E-state index in [1.807, 2.05) is 0 Å². The van der Waals surface area contributed by atoms with Crippen LogP contribution >= 0.6 is 0 Å². The van der Waals surface area contributed by atoms with Crippen molar-refractivity contribution in [1.82, 2.24) is 9.71 Å². The number of nitrogens with two attached hydrogens (primary N) is 2. The summed E-state index contributed by atoms with van der Waals surface area (Å²) in [6, 6.07) is 3.08. The first-order valence-electron chi connectivity index (χ1n) is 5.67. The minimum atomic E-state index is -3.72. The molecule has 0 unspecified atom stereocenters. The second-order valence-corrected chi connectivity index (χ2v) is 5.50. The summed E-state index contributed by atoms with van der Waals surface area (Å²) in [5, 5.41) is -0.160. The Morgan fingerprint density at radius 2 is 2.11 bits per heavy atom. The third-order valence-electron chi connectivity index (χ3n) is 2.32. The van der Waals surface area contributed by atoms with E-state index in [9.17, 15) is 13.2 Å². The average Bonchev–Trinajstić information content (AvgIpc) is 2.37. The van der Waals surface area contributed by atoms with Crippen molar-refractivity contribution < 1.29 is 13.2 Å². The summed E-state index contributed by atoms with van der Waals surface area (Å²) in [6.45, 7) is 0.205. The van der Waals surface area contributed by atoms with Crippen molar-refractivity contribution in [3.63, 3.8) is 0 Å².